The predicted octanol–water partition coefficient (Wildman–Crippen LogP) is 2.80. The van der Waals surface area contributed by atoms with Crippen LogP contribution in [0.1, 0.15) is 29.0 Å². The number of hydrogen-bond donors (Lipinski definition) is 2. The van der Waals surface area contributed by atoms with E-state index < -0.39 is 0 Å². The first-order valence-electron chi connectivity index (χ1n) is 6.38. The molecule has 0 bridgehead atoms. The van der Waals surface area contributed by atoms with E-state index >= 15 is 0 Å². The van der Waals surface area contributed by atoms with Crippen LogP contribution in [0.4, 0.5) is 0 Å². The van der Waals surface area contributed by atoms with Gasteiger partial charge in [0.2, 0.25) is 0 Å². The molecule has 0 amide bonds. The molecule has 0 aliphatic heterocycles. The van der Waals surface area contributed by atoms with Crippen molar-refractivity contribution in [2.24, 2.45) is 5.73 Å². The Morgan fingerprint density at radius 3 is 2.61 bits per heavy atom. The van der Waals surface area contributed by atoms with Crippen LogP contribution in [0.15, 0.2) is 48.5 Å². The number of phenolic OH excluding ortho intramolecular Hbond substituents is 1. The summed E-state index contributed by atoms with van der Waals surface area (Å²) in [6.45, 7) is 0. The van der Waals surface area contributed by atoms with E-state index in [1.807, 2.05) is 30.3 Å². The maximum Gasteiger partial charge on any atom is 0.115 e. The highest BCUT2D eigenvalue weighted by molar-refractivity contribution is 5.45. The monoisotopic (exact) mass is 239 g/mol. The average Bonchev–Trinajstić information content (AvgIpc) is 2.39. The van der Waals surface area contributed by atoms with Gasteiger partial charge in [0.1, 0.15) is 5.75 Å². The lowest BCUT2D eigenvalue weighted by molar-refractivity contribution is 0.467. The quantitative estimate of drug-likeness (QED) is 0.803. The Bertz CT molecular complexity index is 550. The van der Waals surface area contributed by atoms with Crippen molar-refractivity contribution in [3.05, 3.63) is 65.2 Å². The van der Waals surface area contributed by atoms with E-state index in [0.29, 0.717) is 5.75 Å². The fourth-order valence-electron chi connectivity index (χ4n) is 2.91. The smallest absolute Gasteiger partial charge is 0.115 e. The van der Waals surface area contributed by atoms with Crippen LogP contribution in [-0.2, 0) is 6.42 Å². The fourth-order valence-corrected chi connectivity index (χ4v) is 2.91. The molecule has 2 aromatic rings. The molecule has 1 aliphatic rings. The third-order valence-corrected chi connectivity index (χ3v) is 3.80. The van der Waals surface area contributed by atoms with Crippen LogP contribution in [0, 0.1) is 0 Å². The van der Waals surface area contributed by atoms with E-state index in [0.717, 1.165) is 12.8 Å². The summed E-state index contributed by atoms with van der Waals surface area (Å²) in [6.07, 6.45) is 2.00. The van der Waals surface area contributed by atoms with Crippen molar-refractivity contribution in [3.8, 4) is 5.75 Å². The number of benzene rings is 2. The Morgan fingerprint density at radius 1 is 1.06 bits per heavy atom. The van der Waals surface area contributed by atoms with Gasteiger partial charge in [-0.1, -0.05) is 36.4 Å². The second-order valence-electron chi connectivity index (χ2n) is 4.97. The topological polar surface area (TPSA) is 46.2 Å². The minimum Gasteiger partial charge on any atom is -0.508 e. The van der Waals surface area contributed by atoms with Gasteiger partial charge in [-0.05, 0) is 41.7 Å². The van der Waals surface area contributed by atoms with E-state index in [4.69, 9.17) is 5.73 Å². The molecule has 92 valence electrons. The molecule has 2 aromatic carbocycles. The van der Waals surface area contributed by atoms with E-state index in [1.54, 1.807) is 6.07 Å². The van der Waals surface area contributed by atoms with Gasteiger partial charge in [0.05, 0.1) is 0 Å². The van der Waals surface area contributed by atoms with Gasteiger partial charge in [0, 0.05) is 12.0 Å². The second kappa shape index (κ2) is 4.46. The van der Waals surface area contributed by atoms with Crippen molar-refractivity contribution in [1.82, 2.24) is 0 Å². The van der Waals surface area contributed by atoms with Crippen LogP contribution in [-0.4, -0.2) is 11.1 Å². The zero-order valence-electron chi connectivity index (χ0n) is 10.2. The van der Waals surface area contributed by atoms with E-state index in [-0.39, 0.29) is 12.0 Å². The first kappa shape index (κ1) is 11.3. The molecule has 0 radical (unpaired) electrons. The standard InChI is InChI=1S/C16H17NO/c17-15-9-7-11-6-8-13(18)10-14(11)16(15)12-4-2-1-3-5-12/h1-6,8,10,15-16,18H,7,9,17H2/t15-,16+/m0/s1. The van der Waals surface area contributed by atoms with Crippen molar-refractivity contribution in [3.63, 3.8) is 0 Å². The van der Waals surface area contributed by atoms with Gasteiger partial charge in [0.25, 0.3) is 0 Å². The first-order chi connectivity index (χ1) is 8.75. The molecule has 0 unspecified atom stereocenters. The molecule has 2 nitrogen and oxygen atoms in total. The molecular weight excluding hydrogens is 222 g/mol. The summed E-state index contributed by atoms with van der Waals surface area (Å²) in [6, 6.07) is 16.1. The molecule has 2 atom stereocenters. The molecule has 0 fully saturated rings. The maximum atomic E-state index is 9.70. The second-order valence-corrected chi connectivity index (χ2v) is 4.97. The SMILES string of the molecule is N[C@H]1CCc2ccc(O)cc2[C@H]1c1ccccc1. The Balaban J connectivity index is 2.12. The normalized spacial score (nSPS) is 22.5. The minimum absolute atomic E-state index is 0.127. The summed E-state index contributed by atoms with van der Waals surface area (Å²) in [5, 5.41) is 9.70. The Hall–Kier alpha value is -1.80. The van der Waals surface area contributed by atoms with Gasteiger partial charge < -0.3 is 10.8 Å². The number of aromatic hydroxyl groups is 1. The largest absolute Gasteiger partial charge is 0.508 e. The highest BCUT2D eigenvalue weighted by Crippen LogP contribution is 2.37. The molecular formula is C16H17NO. The maximum absolute atomic E-state index is 9.70. The Morgan fingerprint density at radius 2 is 1.83 bits per heavy atom. The summed E-state index contributed by atoms with van der Waals surface area (Å²) in [5.41, 5.74) is 10.0. The van der Waals surface area contributed by atoms with Gasteiger partial charge >= 0.3 is 0 Å². The summed E-state index contributed by atoms with van der Waals surface area (Å²) in [5.74, 6) is 0.519. The number of rotatable bonds is 1. The molecule has 0 aromatic heterocycles. The van der Waals surface area contributed by atoms with Gasteiger partial charge in [-0.25, -0.2) is 0 Å². The molecule has 0 saturated heterocycles. The summed E-state index contributed by atoms with van der Waals surface area (Å²) in [7, 11) is 0. The Kier molecular flexibility index (Phi) is 2.80. The first-order valence-corrected chi connectivity index (χ1v) is 6.38. The van der Waals surface area contributed by atoms with Gasteiger partial charge in [-0.3, -0.25) is 0 Å². The van der Waals surface area contributed by atoms with Crippen molar-refractivity contribution < 1.29 is 5.11 Å². The van der Waals surface area contributed by atoms with Gasteiger partial charge in [-0.15, -0.1) is 0 Å². The Labute approximate surface area is 107 Å². The summed E-state index contributed by atoms with van der Waals surface area (Å²) >= 11 is 0. The van der Waals surface area contributed by atoms with Crippen LogP contribution in [0.5, 0.6) is 5.75 Å². The molecule has 0 heterocycles. The van der Waals surface area contributed by atoms with Crippen molar-refractivity contribution in [2.75, 3.05) is 0 Å². The number of fused-ring (bicyclic) bond motifs is 1. The van der Waals surface area contributed by atoms with Crippen LogP contribution in [0.2, 0.25) is 0 Å². The molecule has 2 heteroatoms. The lowest BCUT2D eigenvalue weighted by atomic mass is 9.76. The van der Waals surface area contributed by atoms with Gasteiger partial charge in [-0.2, -0.15) is 0 Å². The lowest BCUT2D eigenvalue weighted by Gasteiger charge is -2.31. The van der Waals surface area contributed by atoms with Crippen LogP contribution >= 0.6 is 0 Å². The molecule has 18 heavy (non-hydrogen) atoms. The summed E-state index contributed by atoms with van der Waals surface area (Å²) < 4.78 is 0. The van der Waals surface area contributed by atoms with E-state index in [2.05, 4.69) is 12.1 Å². The van der Waals surface area contributed by atoms with E-state index in [1.165, 1.54) is 16.7 Å². The third kappa shape index (κ3) is 1.89. The minimum atomic E-state index is 0.127. The van der Waals surface area contributed by atoms with Crippen molar-refractivity contribution in [1.29, 1.82) is 0 Å². The number of aryl methyl sites for hydroxylation is 1. The number of nitrogens with two attached hydrogens (primary N) is 1. The summed E-state index contributed by atoms with van der Waals surface area (Å²) in [4.78, 5) is 0. The molecule has 1 aliphatic carbocycles. The molecule has 3 rings (SSSR count). The number of phenols is 1. The van der Waals surface area contributed by atoms with Crippen LogP contribution in [0.25, 0.3) is 0 Å². The van der Waals surface area contributed by atoms with E-state index in [9.17, 15) is 5.11 Å². The highest BCUT2D eigenvalue weighted by atomic mass is 16.3. The lowest BCUT2D eigenvalue weighted by Crippen LogP contribution is -2.33. The average molecular weight is 239 g/mol. The van der Waals surface area contributed by atoms with Gasteiger partial charge in [0.15, 0.2) is 0 Å². The molecule has 0 saturated carbocycles. The molecule has 3 N–H and O–H groups in total. The predicted molar refractivity (Wildman–Crippen MR) is 72.7 cm³/mol. The highest BCUT2D eigenvalue weighted by Gasteiger charge is 2.28. The fraction of sp³-hybridized carbons (Fsp3) is 0.250. The molecule has 0 spiro atoms. The van der Waals surface area contributed by atoms with Crippen LogP contribution in [0.3, 0.4) is 0 Å². The zero-order valence-corrected chi connectivity index (χ0v) is 10.2. The van der Waals surface area contributed by atoms with Crippen molar-refractivity contribution >= 4 is 0 Å². The van der Waals surface area contributed by atoms with Crippen LogP contribution < -0.4 is 5.73 Å². The zero-order chi connectivity index (χ0) is 12.5. The number of hydrogen-bond acceptors (Lipinski definition) is 2. The third-order valence-electron chi connectivity index (χ3n) is 3.80. The van der Waals surface area contributed by atoms with Crippen molar-refractivity contribution in [2.45, 2.75) is 24.8 Å².